The molecular formula is C15H21N3OS. The van der Waals surface area contributed by atoms with E-state index in [0.717, 1.165) is 19.0 Å². The summed E-state index contributed by atoms with van der Waals surface area (Å²) in [6.07, 6.45) is 5.37. The second kappa shape index (κ2) is 5.11. The van der Waals surface area contributed by atoms with Gasteiger partial charge in [0.05, 0.1) is 5.51 Å². The standard InChI is InChI=1S/C15H21N3OS/c19-15(14-9-20-10-16-14)18-7-12-3-4-13(8-18)17(6-12)5-11-1-2-11/h9-13H,1-8H2/t12-,13-/m1/s1. The number of piperidine rings is 1. The van der Waals surface area contributed by atoms with Crippen LogP contribution in [-0.2, 0) is 0 Å². The predicted octanol–water partition coefficient (Wildman–Crippen LogP) is 2.09. The van der Waals surface area contributed by atoms with E-state index in [-0.39, 0.29) is 5.91 Å². The van der Waals surface area contributed by atoms with E-state index < -0.39 is 0 Å². The molecule has 4 aliphatic rings. The molecule has 0 aromatic carbocycles. The summed E-state index contributed by atoms with van der Waals surface area (Å²) in [7, 11) is 0. The summed E-state index contributed by atoms with van der Waals surface area (Å²) in [6, 6.07) is 0.580. The highest BCUT2D eigenvalue weighted by Gasteiger charge is 2.38. The van der Waals surface area contributed by atoms with Crippen LogP contribution in [0.15, 0.2) is 10.9 Å². The Hall–Kier alpha value is -0.940. The van der Waals surface area contributed by atoms with Crippen molar-refractivity contribution in [2.45, 2.75) is 31.7 Å². The van der Waals surface area contributed by atoms with Crippen LogP contribution in [0, 0.1) is 11.8 Å². The smallest absolute Gasteiger partial charge is 0.273 e. The van der Waals surface area contributed by atoms with Crippen molar-refractivity contribution in [1.82, 2.24) is 14.8 Å². The molecule has 2 atom stereocenters. The number of carbonyl (C=O) groups excluding carboxylic acids is 1. The molecule has 0 unspecified atom stereocenters. The number of amides is 1. The molecule has 4 nitrogen and oxygen atoms in total. The lowest BCUT2D eigenvalue weighted by Gasteiger charge is -2.36. The van der Waals surface area contributed by atoms with E-state index in [4.69, 9.17) is 0 Å². The summed E-state index contributed by atoms with van der Waals surface area (Å²) in [4.78, 5) is 21.4. The zero-order valence-corrected chi connectivity index (χ0v) is 12.5. The second-order valence-corrected chi connectivity index (χ2v) is 7.30. The van der Waals surface area contributed by atoms with Crippen LogP contribution in [0.1, 0.15) is 36.2 Å². The van der Waals surface area contributed by atoms with Gasteiger partial charge >= 0.3 is 0 Å². The summed E-state index contributed by atoms with van der Waals surface area (Å²) in [5, 5.41) is 1.87. The first-order valence-corrected chi connectivity index (χ1v) is 8.65. The average Bonchev–Trinajstić information content (AvgIpc) is 3.18. The Morgan fingerprint density at radius 2 is 2.15 bits per heavy atom. The van der Waals surface area contributed by atoms with Crippen molar-refractivity contribution >= 4 is 17.2 Å². The Morgan fingerprint density at radius 3 is 2.90 bits per heavy atom. The molecule has 4 heterocycles. The van der Waals surface area contributed by atoms with E-state index >= 15 is 0 Å². The van der Waals surface area contributed by atoms with Crippen molar-refractivity contribution in [1.29, 1.82) is 0 Å². The van der Waals surface area contributed by atoms with Gasteiger partial charge in [0, 0.05) is 37.6 Å². The molecule has 0 radical (unpaired) electrons. The number of rotatable bonds is 3. The molecule has 5 heteroatoms. The van der Waals surface area contributed by atoms with Crippen LogP contribution in [0.25, 0.3) is 0 Å². The summed E-state index contributed by atoms with van der Waals surface area (Å²) < 4.78 is 0. The molecule has 1 amide bonds. The van der Waals surface area contributed by atoms with Crippen LogP contribution in [0.2, 0.25) is 0 Å². The third-order valence-electron chi connectivity index (χ3n) is 4.96. The van der Waals surface area contributed by atoms with Crippen LogP contribution in [0.4, 0.5) is 0 Å². The largest absolute Gasteiger partial charge is 0.335 e. The maximum atomic E-state index is 12.5. The van der Waals surface area contributed by atoms with Crippen molar-refractivity contribution < 1.29 is 4.79 Å². The second-order valence-electron chi connectivity index (χ2n) is 6.58. The Morgan fingerprint density at radius 1 is 1.25 bits per heavy atom. The first-order valence-electron chi connectivity index (χ1n) is 7.71. The molecule has 1 saturated carbocycles. The maximum Gasteiger partial charge on any atom is 0.273 e. The van der Waals surface area contributed by atoms with Gasteiger partial charge in [-0.3, -0.25) is 9.69 Å². The molecule has 20 heavy (non-hydrogen) atoms. The monoisotopic (exact) mass is 291 g/mol. The van der Waals surface area contributed by atoms with Crippen LogP contribution >= 0.6 is 11.3 Å². The van der Waals surface area contributed by atoms with E-state index in [0.29, 0.717) is 17.7 Å². The van der Waals surface area contributed by atoms with Crippen molar-refractivity contribution in [3.63, 3.8) is 0 Å². The topological polar surface area (TPSA) is 36.4 Å². The van der Waals surface area contributed by atoms with E-state index in [1.807, 2.05) is 5.38 Å². The number of carbonyl (C=O) groups is 1. The molecule has 1 aromatic rings. The highest BCUT2D eigenvalue weighted by molar-refractivity contribution is 7.07. The van der Waals surface area contributed by atoms with Crippen LogP contribution in [0.3, 0.4) is 0 Å². The van der Waals surface area contributed by atoms with Gasteiger partial charge in [-0.2, -0.15) is 0 Å². The molecule has 108 valence electrons. The van der Waals surface area contributed by atoms with E-state index in [9.17, 15) is 4.79 Å². The number of fused-ring (bicyclic) bond motifs is 4. The van der Waals surface area contributed by atoms with Gasteiger partial charge in [0.2, 0.25) is 0 Å². The number of thiazole rings is 1. The molecule has 3 saturated heterocycles. The fourth-order valence-electron chi connectivity index (χ4n) is 3.68. The first kappa shape index (κ1) is 12.8. The van der Waals surface area contributed by atoms with Crippen molar-refractivity contribution in [3.8, 4) is 0 Å². The molecular weight excluding hydrogens is 270 g/mol. The SMILES string of the molecule is O=C(c1cscn1)N1C[C@@H]2CC[C@H](C1)N(CC1CC1)C2. The van der Waals surface area contributed by atoms with E-state index in [1.165, 1.54) is 50.1 Å². The molecule has 0 spiro atoms. The molecule has 3 aliphatic heterocycles. The number of hydrogen-bond donors (Lipinski definition) is 0. The number of hydrogen-bond acceptors (Lipinski definition) is 4. The van der Waals surface area contributed by atoms with Gasteiger partial charge in [-0.25, -0.2) is 4.98 Å². The third kappa shape index (κ3) is 2.49. The summed E-state index contributed by atoms with van der Waals surface area (Å²) >= 11 is 1.50. The highest BCUT2D eigenvalue weighted by atomic mass is 32.1. The Labute approximate surface area is 123 Å². The average molecular weight is 291 g/mol. The van der Waals surface area contributed by atoms with Gasteiger partial charge in [0.15, 0.2) is 0 Å². The Balaban J connectivity index is 1.49. The first-order chi connectivity index (χ1) is 9.79. The van der Waals surface area contributed by atoms with Crippen molar-refractivity contribution in [2.24, 2.45) is 11.8 Å². The van der Waals surface area contributed by atoms with Gasteiger partial charge in [0.25, 0.3) is 5.91 Å². The molecule has 1 aromatic heterocycles. The Bertz CT molecular complexity index is 485. The van der Waals surface area contributed by atoms with Crippen LogP contribution in [-0.4, -0.2) is 52.9 Å². The fourth-order valence-corrected chi connectivity index (χ4v) is 4.21. The quantitative estimate of drug-likeness (QED) is 0.855. The van der Waals surface area contributed by atoms with Gasteiger partial charge in [-0.05, 0) is 37.5 Å². The lowest BCUT2D eigenvalue weighted by atomic mass is 9.95. The van der Waals surface area contributed by atoms with Crippen LogP contribution < -0.4 is 0 Å². The number of nitrogens with zero attached hydrogens (tertiary/aromatic N) is 3. The van der Waals surface area contributed by atoms with Crippen molar-refractivity contribution in [2.75, 3.05) is 26.2 Å². The Kier molecular flexibility index (Phi) is 3.27. The minimum Gasteiger partial charge on any atom is -0.335 e. The third-order valence-corrected chi connectivity index (χ3v) is 5.54. The summed E-state index contributed by atoms with van der Waals surface area (Å²) in [5.41, 5.74) is 2.38. The molecule has 1 aliphatic carbocycles. The fraction of sp³-hybridized carbons (Fsp3) is 0.733. The zero-order valence-electron chi connectivity index (χ0n) is 11.7. The lowest BCUT2D eigenvalue weighted by Crippen LogP contribution is -2.45. The lowest BCUT2D eigenvalue weighted by molar-refractivity contribution is 0.0731. The molecule has 5 rings (SSSR count). The summed E-state index contributed by atoms with van der Waals surface area (Å²) in [6.45, 7) is 4.29. The highest BCUT2D eigenvalue weighted by Crippen LogP contribution is 2.35. The van der Waals surface area contributed by atoms with Gasteiger partial charge in [-0.15, -0.1) is 11.3 Å². The van der Waals surface area contributed by atoms with E-state index in [2.05, 4.69) is 14.8 Å². The molecule has 2 bridgehead atoms. The predicted molar refractivity (Wildman–Crippen MR) is 78.8 cm³/mol. The summed E-state index contributed by atoms with van der Waals surface area (Å²) in [5.74, 6) is 1.74. The number of aromatic nitrogens is 1. The normalized spacial score (nSPS) is 30.5. The zero-order chi connectivity index (χ0) is 13.5. The minimum absolute atomic E-state index is 0.136. The minimum atomic E-state index is 0.136. The van der Waals surface area contributed by atoms with E-state index in [1.54, 1.807) is 5.51 Å². The molecule has 0 N–H and O–H groups in total. The van der Waals surface area contributed by atoms with Gasteiger partial charge < -0.3 is 4.90 Å². The molecule has 4 fully saturated rings. The van der Waals surface area contributed by atoms with Gasteiger partial charge in [-0.1, -0.05) is 0 Å². The van der Waals surface area contributed by atoms with Gasteiger partial charge in [0.1, 0.15) is 5.69 Å². The van der Waals surface area contributed by atoms with Crippen LogP contribution in [0.5, 0.6) is 0 Å². The van der Waals surface area contributed by atoms with Crippen molar-refractivity contribution in [3.05, 3.63) is 16.6 Å². The maximum absolute atomic E-state index is 12.5.